The van der Waals surface area contributed by atoms with E-state index in [0.29, 0.717) is 0 Å². The average Bonchev–Trinajstić information content (AvgIpc) is 3.09. The molecule has 1 aromatic carbocycles. The molecule has 3 rings (SSSR count). The quantitative estimate of drug-likeness (QED) is 0.791. The summed E-state index contributed by atoms with van der Waals surface area (Å²) in [5, 5.41) is 11.1. The van der Waals surface area contributed by atoms with Gasteiger partial charge in [0.25, 0.3) is 5.91 Å². The molecule has 2 heterocycles. The number of aryl methyl sites for hydroxylation is 1. The zero-order valence-electron chi connectivity index (χ0n) is 10.5. The van der Waals surface area contributed by atoms with Crippen LogP contribution in [0.4, 0.5) is 5.95 Å². The lowest BCUT2D eigenvalue weighted by Gasteiger charge is -1.97. The van der Waals surface area contributed by atoms with Gasteiger partial charge in [-0.25, -0.2) is 9.67 Å². The van der Waals surface area contributed by atoms with Gasteiger partial charge in [0.1, 0.15) is 5.01 Å². The summed E-state index contributed by atoms with van der Waals surface area (Å²) in [5.41, 5.74) is 1.04. The molecule has 3 aromatic rings. The minimum Gasteiger partial charge on any atom is -0.288 e. The highest BCUT2D eigenvalue weighted by molar-refractivity contribution is 7.05. The zero-order chi connectivity index (χ0) is 13.9. The number of hydrogen-bond acceptors (Lipinski definition) is 6. The van der Waals surface area contributed by atoms with E-state index in [2.05, 4.69) is 25.0 Å². The summed E-state index contributed by atoms with van der Waals surface area (Å²) in [5.74, 6) is -0.100. The predicted molar refractivity (Wildman–Crippen MR) is 74.0 cm³/mol. The van der Waals surface area contributed by atoms with E-state index in [-0.39, 0.29) is 17.5 Å². The number of aromatic nitrogens is 5. The van der Waals surface area contributed by atoms with Crippen LogP contribution in [0.2, 0.25) is 0 Å². The van der Waals surface area contributed by atoms with Gasteiger partial charge in [0, 0.05) is 0 Å². The van der Waals surface area contributed by atoms with Crippen LogP contribution in [0.3, 0.4) is 0 Å². The lowest BCUT2D eigenvalue weighted by Crippen LogP contribution is -2.13. The fraction of sp³-hybridized carbons (Fsp3) is 0.0833. The molecule has 2 aromatic heterocycles. The second kappa shape index (κ2) is 5.17. The lowest BCUT2D eigenvalue weighted by atomic mass is 10.3. The van der Waals surface area contributed by atoms with Crippen molar-refractivity contribution in [1.82, 2.24) is 24.4 Å². The normalized spacial score (nSPS) is 10.4. The molecule has 0 aliphatic heterocycles. The molecule has 1 amide bonds. The van der Waals surface area contributed by atoms with Crippen LogP contribution >= 0.6 is 11.5 Å². The van der Waals surface area contributed by atoms with Gasteiger partial charge in [0.2, 0.25) is 5.95 Å². The van der Waals surface area contributed by atoms with Crippen molar-refractivity contribution in [3.8, 4) is 5.69 Å². The SMILES string of the molecule is Cc1nc(NC(=O)c2cn(-c3ccccc3)nn2)ns1. The molecular weight excluding hydrogens is 276 g/mol. The van der Waals surface area contributed by atoms with E-state index < -0.39 is 0 Å². The minimum atomic E-state index is -0.384. The smallest absolute Gasteiger partial charge is 0.280 e. The standard InChI is InChI=1S/C12H10N6OS/c1-8-13-12(16-20-8)14-11(19)10-7-18(17-15-10)9-5-3-2-4-6-9/h2-7H,1H3,(H,14,16,19). The topological polar surface area (TPSA) is 85.6 Å². The Morgan fingerprint density at radius 2 is 2.10 bits per heavy atom. The third-order valence-corrected chi connectivity index (χ3v) is 3.12. The van der Waals surface area contributed by atoms with Gasteiger partial charge in [0.05, 0.1) is 11.9 Å². The maximum absolute atomic E-state index is 12.0. The molecule has 7 nitrogen and oxygen atoms in total. The molecule has 0 atom stereocenters. The molecule has 0 fully saturated rings. The van der Waals surface area contributed by atoms with E-state index in [9.17, 15) is 4.79 Å². The van der Waals surface area contributed by atoms with Crippen LogP contribution in [0.15, 0.2) is 36.5 Å². The maximum atomic E-state index is 12.0. The second-order valence-corrected chi connectivity index (χ2v) is 4.93. The van der Waals surface area contributed by atoms with Crippen molar-refractivity contribution in [1.29, 1.82) is 0 Å². The first-order valence-electron chi connectivity index (χ1n) is 5.82. The molecule has 0 bridgehead atoms. The lowest BCUT2D eigenvalue weighted by molar-refractivity contribution is 0.102. The van der Waals surface area contributed by atoms with Gasteiger partial charge in [-0.15, -0.1) is 5.10 Å². The molecule has 8 heteroatoms. The fourth-order valence-corrected chi connectivity index (χ4v) is 2.02. The Kier molecular flexibility index (Phi) is 3.21. The van der Waals surface area contributed by atoms with Gasteiger partial charge in [-0.1, -0.05) is 23.4 Å². The molecule has 20 heavy (non-hydrogen) atoms. The summed E-state index contributed by atoms with van der Waals surface area (Å²) in [6.45, 7) is 1.82. The number of rotatable bonds is 3. The van der Waals surface area contributed by atoms with E-state index in [1.54, 1.807) is 6.20 Å². The molecule has 0 unspecified atom stereocenters. The summed E-state index contributed by atoms with van der Waals surface area (Å²) in [7, 11) is 0. The van der Waals surface area contributed by atoms with Crippen molar-refractivity contribution < 1.29 is 4.79 Å². The van der Waals surface area contributed by atoms with Crippen LogP contribution in [-0.4, -0.2) is 30.3 Å². The number of benzene rings is 1. The zero-order valence-corrected chi connectivity index (χ0v) is 11.3. The Morgan fingerprint density at radius 3 is 2.80 bits per heavy atom. The first-order chi connectivity index (χ1) is 9.72. The number of amides is 1. The fourth-order valence-electron chi connectivity index (χ4n) is 1.59. The summed E-state index contributed by atoms with van der Waals surface area (Å²) < 4.78 is 5.53. The highest BCUT2D eigenvalue weighted by Crippen LogP contribution is 2.09. The van der Waals surface area contributed by atoms with Crippen molar-refractivity contribution in [2.45, 2.75) is 6.92 Å². The largest absolute Gasteiger partial charge is 0.288 e. The first-order valence-corrected chi connectivity index (χ1v) is 6.59. The Labute approximate surface area is 118 Å². The van der Waals surface area contributed by atoms with E-state index in [0.717, 1.165) is 10.7 Å². The monoisotopic (exact) mass is 286 g/mol. The number of nitrogens with one attached hydrogen (secondary N) is 1. The van der Waals surface area contributed by atoms with Gasteiger partial charge in [-0.05, 0) is 30.6 Å². The number of anilines is 1. The van der Waals surface area contributed by atoms with E-state index >= 15 is 0 Å². The Morgan fingerprint density at radius 1 is 1.30 bits per heavy atom. The summed E-state index contributed by atoms with van der Waals surface area (Å²) in [4.78, 5) is 16.0. The van der Waals surface area contributed by atoms with Crippen LogP contribution in [-0.2, 0) is 0 Å². The van der Waals surface area contributed by atoms with Gasteiger partial charge < -0.3 is 0 Å². The van der Waals surface area contributed by atoms with Gasteiger partial charge in [0.15, 0.2) is 5.69 Å². The molecule has 0 radical (unpaired) electrons. The van der Waals surface area contributed by atoms with Crippen molar-refractivity contribution in [2.75, 3.05) is 5.32 Å². The summed E-state index contributed by atoms with van der Waals surface area (Å²) in [6, 6.07) is 9.44. The van der Waals surface area contributed by atoms with E-state index in [4.69, 9.17) is 0 Å². The molecule has 1 N–H and O–H groups in total. The van der Waals surface area contributed by atoms with Crippen LogP contribution in [0.5, 0.6) is 0 Å². The van der Waals surface area contributed by atoms with Crippen LogP contribution in [0.1, 0.15) is 15.5 Å². The molecule has 0 spiro atoms. The Balaban J connectivity index is 1.78. The highest BCUT2D eigenvalue weighted by atomic mass is 32.1. The van der Waals surface area contributed by atoms with Crippen LogP contribution in [0, 0.1) is 6.92 Å². The van der Waals surface area contributed by atoms with Crippen LogP contribution < -0.4 is 5.32 Å². The average molecular weight is 286 g/mol. The molecule has 0 saturated heterocycles. The van der Waals surface area contributed by atoms with Crippen molar-refractivity contribution in [3.63, 3.8) is 0 Å². The highest BCUT2D eigenvalue weighted by Gasteiger charge is 2.13. The van der Waals surface area contributed by atoms with Crippen molar-refractivity contribution in [2.24, 2.45) is 0 Å². The van der Waals surface area contributed by atoms with E-state index in [1.165, 1.54) is 16.2 Å². The summed E-state index contributed by atoms with van der Waals surface area (Å²) >= 11 is 1.23. The first kappa shape index (κ1) is 12.4. The number of hydrogen-bond donors (Lipinski definition) is 1. The second-order valence-electron chi connectivity index (χ2n) is 3.98. The molecule has 0 aliphatic carbocycles. The molecule has 0 aliphatic rings. The van der Waals surface area contributed by atoms with Crippen molar-refractivity contribution >= 4 is 23.4 Å². The molecule has 0 saturated carbocycles. The van der Waals surface area contributed by atoms with E-state index in [1.807, 2.05) is 37.3 Å². The number of carbonyl (C=O) groups excluding carboxylic acids is 1. The Bertz CT molecular complexity index is 735. The molecular formula is C12H10N6OS. The number of carbonyl (C=O) groups is 1. The summed E-state index contributed by atoms with van der Waals surface area (Å²) in [6.07, 6.45) is 1.56. The predicted octanol–water partition coefficient (Wildman–Crippen LogP) is 1.68. The van der Waals surface area contributed by atoms with Gasteiger partial charge in [-0.3, -0.25) is 10.1 Å². The van der Waals surface area contributed by atoms with Crippen molar-refractivity contribution in [3.05, 3.63) is 47.2 Å². The third-order valence-electron chi connectivity index (χ3n) is 2.50. The van der Waals surface area contributed by atoms with Gasteiger partial charge in [-0.2, -0.15) is 4.37 Å². The maximum Gasteiger partial charge on any atom is 0.280 e. The number of para-hydroxylation sites is 1. The Hall–Kier alpha value is -2.61. The van der Waals surface area contributed by atoms with Crippen LogP contribution in [0.25, 0.3) is 5.69 Å². The van der Waals surface area contributed by atoms with Gasteiger partial charge >= 0.3 is 0 Å². The number of nitrogens with zero attached hydrogens (tertiary/aromatic N) is 5. The minimum absolute atomic E-state index is 0.210. The third kappa shape index (κ3) is 2.54. The molecule has 100 valence electrons.